The summed E-state index contributed by atoms with van der Waals surface area (Å²) in [7, 11) is -1.19. The SMILES string of the molecule is CC1(C)Cc2nc(N3CC4CC(c5ncc(Cl)cn5)CC4C3)nc(NC3(CO)CCC3)c2[S@]1=O. The lowest BCUT2D eigenvalue weighted by Gasteiger charge is -2.41. The molecule has 10 heteroatoms. The molecule has 2 N–H and O–H groups in total. The molecule has 182 valence electrons. The standard InChI is InChI=1S/C24H31ClN6O2S/c1-23(2)8-18-19(34(23)33)21(30-24(13-32)4-3-5-24)29-22(28-18)31-11-15-6-14(7-16(15)12-31)20-26-9-17(25)10-27-20/h9-10,14-16,32H,3-8,11-13H2,1-2H3,(H,28,29,30)/t14?,15?,16?,34-/m1/s1. The molecule has 6 rings (SSSR count). The van der Waals surface area contributed by atoms with Crippen LogP contribution in [-0.2, 0) is 17.2 Å². The third-order valence-corrected chi connectivity index (χ3v) is 10.4. The summed E-state index contributed by atoms with van der Waals surface area (Å²) >= 11 is 5.96. The topological polar surface area (TPSA) is 104 Å². The zero-order valence-corrected chi connectivity index (χ0v) is 21.2. The zero-order chi connectivity index (χ0) is 23.7. The third kappa shape index (κ3) is 3.71. The van der Waals surface area contributed by atoms with Crippen LogP contribution in [0.1, 0.15) is 63.4 Å². The van der Waals surface area contributed by atoms with Crippen LogP contribution in [0.25, 0.3) is 0 Å². The van der Waals surface area contributed by atoms with Gasteiger partial charge in [-0.25, -0.2) is 15.0 Å². The first-order valence-corrected chi connectivity index (χ1v) is 13.7. The predicted octanol–water partition coefficient (Wildman–Crippen LogP) is 3.32. The van der Waals surface area contributed by atoms with Gasteiger partial charge in [0.2, 0.25) is 5.95 Å². The van der Waals surface area contributed by atoms with Gasteiger partial charge in [-0.15, -0.1) is 0 Å². The molecule has 4 aliphatic rings. The van der Waals surface area contributed by atoms with E-state index in [0.717, 1.165) is 67.6 Å². The molecule has 2 unspecified atom stereocenters. The highest BCUT2D eigenvalue weighted by atomic mass is 35.5. The fourth-order valence-corrected chi connectivity index (χ4v) is 7.68. The minimum Gasteiger partial charge on any atom is -0.394 e. The maximum Gasteiger partial charge on any atom is 0.227 e. The Bertz CT molecular complexity index is 1120. The zero-order valence-electron chi connectivity index (χ0n) is 19.6. The van der Waals surface area contributed by atoms with E-state index in [9.17, 15) is 9.32 Å². The average Bonchev–Trinajstić information content (AvgIpc) is 3.41. The van der Waals surface area contributed by atoms with Gasteiger partial charge in [0, 0.05) is 37.8 Å². The molecule has 0 amide bonds. The van der Waals surface area contributed by atoms with Crippen LogP contribution in [0.4, 0.5) is 11.8 Å². The summed E-state index contributed by atoms with van der Waals surface area (Å²) in [6.45, 7) is 5.92. The number of fused-ring (bicyclic) bond motifs is 2. The van der Waals surface area contributed by atoms with Gasteiger partial charge >= 0.3 is 0 Å². The van der Waals surface area contributed by atoms with E-state index in [4.69, 9.17) is 21.6 Å². The molecule has 0 spiro atoms. The molecule has 0 radical (unpaired) electrons. The largest absolute Gasteiger partial charge is 0.394 e. The van der Waals surface area contributed by atoms with Gasteiger partial charge < -0.3 is 15.3 Å². The van der Waals surface area contributed by atoms with Gasteiger partial charge in [-0.3, -0.25) is 4.21 Å². The molecule has 2 aromatic rings. The van der Waals surface area contributed by atoms with Crippen LogP contribution >= 0.6 is 11.6 Å². The quantitative estimate of drug-likeness (QED) is 0.641. The van der Waals surface area contributed by atoms with Crippen molar-refractivity contribution in [3.8, 4) is 0 Å². The molecule has 0 aromatic carbocycles. The minimum absolute atomic E-state index is 0.0547. The first-order chi connectivity index (χ1) is 16.3. The van der Waals surface area contributed by atoms with Crippen LogP contribution in [0.15, 0.2) is 17.3 Å². The van der Waals surface area contributed by atoms with Crippen molar-refractivity contribution in [1.82, 2.24) is 19.9 Å². The number of halogens is 1. The first kappa shape index (κ1) is 22.6. The second-order valence-electron chi connectivity index (χ2n) is 11.1. The second kappa shape index (κ2) is 8.10. The number of hydrogen-bond donors (Lipinski definition) is 2. The van der Waals surface area contributed by atoms with Gasteiger partial charge in [0.05, 0.1) is 38.4 Å². The molecular formula is C24H31ClN6O2S. The second-order valence-corrected chi connectivity index (χ2v) is 13.6. The normalized spacial score (nSPS) is 30.6. The van der Waals surface area contributed by atoms with E-state index in [2.05, 4.69) is 20.2 Å². The van der Waals surface area contributed by atoms with Crippen molar-refractivity contribution < 1.29 is 9.32 Å². The van der Waals surface area contributed by atoms with E-state index in [1.807, 2.05) is 13.8 Å². The number of nitrogens with zero attached hydrogens (tertiary/aromatic N) is 5. The van der Waals surface area contributed by atoms with Crippen LogP contribution in [0, 0.1) is 11.8 Å². The maximum atomic E-state index is 13.3. The number of rotatable bonds is 5. The molecule has 3 fully saturated rings. The monoisotopic (exact) mass is 502 g/mol. The number of nitrogens with one attached hydrogen (secondary N) is 1. The fourth-order valence-electron chi connectivity index (χ4n) is 6.15. The summed E-state index contributed by atoms with van der Waals surface area (Å²) in [6, 6.07) is 0. The Labute approximate surface area is 207 Å². The Morgan fingerprint density at radius 1 is 1.18 bits per heavy atom. The summed E-state index contributed by atoms with van der Waals surface area (Å²) < 4.78 is 12.9. The molecule has 0 bridgehead atoms. The highest BCUT2D eigenvalue weighted by Crippen LogP contribution is 2.47. The average molecular weight is 503 g/mol. The maximum absolute atomic E-state index is 13.3. The minimum atomic E-state index is -1.19. The lowest BCUT2D eigenvalue weighted by Crippen LogP contribution is -2.48. The summed E-state index contributed by atoms with van der Waals surface area (Å²) in [5.74, 6) is 3.75. The molecule has 2 aliphatic carbocycles. The molecule has 34 heavy (non-hydrogen) atoms. The van der Waals surface area contributed by atoms with Gasteiger partial charge in [-0.2, -0.15) is 4.98 Å². The van der Waals surface area contributed by atoms with Crippen molar-refractivity contribution in [2.75, 3.05) is 29.9 Å². The van der Waals surface area contributed by atoms with Gasteiger partial charge in [-0.05, 0) is 57.8 Å². The highest BCUT2D eigenvalue weighted by Gasteiger charge is 2.46. The van der Waals surface area contributed by atoms with Crippen LogP contribution in [0.2, 0.25) is 5.02 Å². The summed E-state index contributed by atoms with van der Waals surface area (Å²) in [5, 5.41) is 14.1. The van der Waals surface area contributed by atoms with Crippen molar-refractivity contribution in [2.45, 2.75) is 73.5 Å². The van der Waals surface area contributed by atoms with Crippen LogP contribution < -0.4 is 10.2 Å². The highest BCUT2D eigenvalue weighted by molar-refractivity contribution is 7.87. The van der Waals surface area contributed by atoms with E-state index in [0.29, 0.717) is 35.0 Å². The molecule has 4 heterocycles. The Morgan fingerprint density at radius 2 is 1.85 bits per heavy atom. The summed E-state index contributed by atoms with van der Waals surface area (Å²) in [4.78, 5) is 21.8. The lowest BCUT2D eigenvalue weighted by molar-refractivity contribution is 0.143. The van der Waals surface area contributed by atoms with Crippen molar-refractivity contribution in [1.29, 1.82) is 0 Å². The lowest BCUT2D eigenvalue weighted by atomic mass is 9.77. The smallest absolute Gasteiger partial charge is 0.227 e. The van der Waals surface area contributed by atoms with E-state index in [1.54, 1.807) is 12.4 Å². The molecule has 2 aromatic heterocycles. The van der Waals surface area contributed by atoms with E-state index in [-0.39, 0.29) is 16.9 Å². The Hall–Kier alpha value is -1.84. The van der Waals surface area contributed by atoms with Crippen molar-refractivity contribution >= 4 is 34.2 Å². The van der Waals surface area contributed by atoms with E-state index >= 15 is 0 Å². The van der Waals surface area contributed by atoms with Gasteiger partial charge in [0.1, 0.15) is 16.5 Å². The summed E-state index contributed by atoms with van der Waals surface area (Å²) in [5.41, 5.74) is 0.525. The van der Waals surface area contributed by atoms with Crippen molar-refractivity contribution in [2.24, 2.45) is 11.8 Å². The number of hydrogen-bond acceptors (Lipinski definition) is 8. The van der Waals surface area contributed by atoms with Gasteiger partial charge in [0.25, 0.3) is 0 Å². The molecule has 2 aliphatic heterocycles. The molecule has 8 nitrogen and oxygen atoms in total. The Balaban J connectivity index is 1.25. The van der Waals surface area contributed by atoms with Crippen molar-refractivity contribution in [3.05, 3.63) is 28.9 Å². The van der Waals surface area contributed by atoms with E-state index in [1.165, 1.54) is 0 Å². The molecule has 2 saturated carbocycles. The fraction of sp³-hybridized carbons (Fsp3) is 0.667. The third-order valence-electron chi connectivity index (χ3n) is 8.24. The van der Waals surface area contributed by atoms with Gasteiger partial charge in [0.15, 0.2) is 0 Å². The van der Waals surface area contributed by atoms with E-state index < -0.39 is 10.8 Å². The number of aliphatic hydroxyl groups is 1. The van der Waals surface area contributed by atoms with Gasteiger partial charge in [-0.1, -0.05) is 11.6 Å². The Morgan fingerprint density at radius 3 is 2.44 bits per heavy atom. The van der Waals surface area contributed by atoms with Crippen molar-refractivity contribution in [3.63, 3.8) is 0 Å². The van der Waals surface area contributed by atoms with Crippen LogP contribution in [0.5, 0.6) is 0 Å². The van der Waals surface area contributed by atoms with Crippen LogP contribution in [0.3, 0.4) is 0 Å². The molecule has 1 saturated heterocycles. The Kier molecular flexibility index (Phi) is 5.39. The number of aliphatic hydroxyl groups excluding tert-OH is 1. The van der Waals surface area contributed by atoms with Crippen LogP contribution in [-0.4, -0.2) is 59.2 Å². The molecule has 3 atom stereocenters. The number of anilines is 2. The number of aromatic nitrogens is 4. The molecular weight excluding hydrogens is 472 g/mol. The first-order valence-electron chi connectivity index (χ1n) is 12.2. The predicted molar refractivity (Wildman–Crippen MR) is 132 cm³/mol. The summed E-state index contributed by atoms with van der Waals surface area (Å²) in [6.07, 6.45) is 9.03.